The van der Waals surface area contributed by atoms with Gasteiger partial charge in [-0.15, -0.1) is 0 Å². The summed E-state index contributed by atoms with van der Waals surface area (Å²) in [5.41, 5.74) is 1.34. The quantitative estimate of drug-likeness (QED) is 0.874. The predicted molar refractivity (Wildman–Crippen MR) is 81.5 cm³/mol. The van der Waals surface area contributed by atoms with E-state index in [1.807, 2.05) is 24.3 Å². The molecule has 0 bridgehead atoms. The first-order chi connectivity index (χ1) is 10.1. The van der Waals surface area contributed by atoms with Crippen molar-refractivity contribution in [1.29, 1.82) is 0 Å². The molecule has 0 saturated heterocycles. The van der Waals surface area contributed by atoms with Crippen LogP contribution in [0.25, 0.3) is 0 Å². The number of benzene rings is 2. The van der Waals surface area contributed by atoms with Crippen LogP contribution in [-0.4, -0.2) is 23.4 Å². The molecule has 0 aliphatic carbocycles. The van der Waals surface area contributed by atoms with E-state index in [2.05, 4.69) is 15.9 Å². The fourth-order valence-corrected chi connectivity index (χ4v) is 2.88. The van der Waals surface area contributed by atoms with Crippen LogP contribution in [0.1, 0.15) is 23.3 Å². The Morgan fingerprint density at radius 1 is 1.14 bits per heavy atom. The first kappa shape index (κ1) is 14.4. The second kappa shape index (κ2) is 5.67. The van der Waals surface area contributed by atoms with Crippen molar-refractivity contribution in [3.05, 3.63) is 58.1 Å². The molecule has 0 unspecified atom stereocenters. The second-order valence-corrected chi connectivity index (χ2v) is 5.85. The summed E-state index contributed by atoms with van der Waals surface area (Å²) in [6.07, 6.45) is -2.68. The zero-order valence-corrected chi connectivity index (χ0v) is 12.9. The third-order valence-corrected chi connectivity index (χ3v) is 4.09. The molecule has 1 heterocycles. The summed E-state index contributed by atoms with van der Waals surface area (Å²) < 4.78 is 11.9. The van der Waals surface area contributed by atoms with Gasteiger partial charge < -0.3 is 19.7 Å². The maximum atomic E-state index is 10.4. The van der Waals surface area contributed by atoms with E-state index < -0.39 is 18.3 Å². The molecular formula is C16H15BrO4. The first-order valence-corrected chi connectivity index (χ1v) is 7.35. The number of aliphatic hydroxyl groups is 2. The highest BCUT2D eigenvalue weighted by Crippen LogP contribution is 2.42. The third kappa shape index (κ3) is 2.64. The van der Waals surface area contributed by atoms with E-state index in [1.54, 1.807) is 25.3 Å². The summed E-state index contributed by atoms with van der Waals surface area (Å²) in [6, 6.07) is 12.7. The van der Waals surface area contributed by atoms with Crippen LogP contribution in [0.2, 0.25) is 0 Å². The van der Waals surface area contributed by atoms with Crippen molar-refractivity contribution in [2.24, 2.45) is 0 Å². The lowest BCUT2D eigenvalue weighted by molar-refractivity contribution is -0.0700. The van der Waals surface area contributed by atoms with Gasteiger partial charge in [0.1, 0.15) is 23.7 Å². The summed E-state index contributed by atoms with van der Waals surface area (Å²) in [5, 5.41) is 20.7. The number of hydrogen-bond donors (Lipinski definition) is 2. The molecular weight excluding hydrogens is 336 g/mol. The Morgan fingerprint density at radius 3 is 2.71 bits per heavy atom. The van der Waals surface area contributed by atoms with E-state index >= 15 is 0 Å². The van der Waals surface area contributed by atoms with Gasteiger partial charge in [-0.1, -0.05) is 28.1 Å². The van der Waals surface area contributed by atoms with E-state index in [-0.39, 0.29) is 0 Å². The van der Waals surface area contributed by atoms with Crippen LogP contribution in [0.4, 0.5) is 0 Å². The highest BCUT2D eigenvalue weighted by atomic mass is 79.9. The summed E-state index contributed by atoms with van der Waals surface area (Å²) in [4.78, 5) is 0. The molecule has 2 aromatic carbocycles. The molecule has 5 heteroatoms. The lowest BCUT2D eigenvalue weighted by Gasteiger charge is -2.34. The molecule has 2 N–H and O–H groups in total. The lowest BCUT2D eigenvalue weighted by atomic mass is 9.92. The van der Waals surface area contributed by atoms with Crippen molar-refractivity contribution in [1.82, 2.24) is 0 Å². The minimum atomic E-state index is -1.04. The van der Waals surface area contributed by atoms with Crippen LogP contribution < -0.4 is 9.47 Å². The van der Waals surface area contributed by atoms with Crippen molar-refractivity contribution >= 4 is 15.9 Å². The topological polar surface area (TPSA) is 58.9 Å². The number of fused-ring (bicyclic) bond motifs is 1. The summed E-state index contributed by atoms with van der Waals surface area (Å²) >= 11 is 3.35. The zero-order valence-electron chi connectivity index (χ0n) is 11.4. The Bertz CT molecular complexity index is 658. The van der Waals surface area contributed by atoms with Gasteiger partial charge in [0.25, 0.3) is 0 Å². The van der Waals surface area contributed by atoms with Crippen LogP contribution in [0.3, 0.4) is 0 Å². The van der Waals surface area contributed by atoms with E-state index in [4.69, 9.17) is 9.47 Å². The Kier molecular flexibility index (Phi) is 3.89. The van der Waals surface area contributed by atoms with E-state index in [0.717, 1.165) is 10.0 Å². The lowest BCUT2D eigenvalue weighted by Crippen LogP contribution is -2.34. The highest BCUT2D eigenvalue weighted by Gasteiger charge is 2.37. The molecule has 3 atom stereocenters. The zero-order chi connectivity index (χ0) is 15.0. The normalized spacial score (nSPS) is 24.1. The van der Waals surface area contributed by atoms with Gasteiger partial charge in [-0.05, 0) is 35.9 Å². The molecule has 1 aliphatic rings. The van der Waals surface area contributed by atoms with Gasteiger partial charge in [0.2, 0.25) is 0 Å². The summed E-state index contributed by atoms with van der Waals surface area (Å²) in [7, 11) is 1.58. The minimum absolute atomic E-state index is 0.573. The van der Waals surface area contributed by atoms with E-state index in [0.29, 0.717) is 17.1 Å². The minimum Gasteiger partial charge on any atom is -0.497 e. The van der Waals surface area contributed by atoms with Gasteiger partial charge in [-0.25, -0.2) is 0 Å². The van der Waals surface area contributed by atoms with E-state index in [1.165, 1.54) is 0 Å². The average molecular weight is 351 g/mol. The molecule has 1 aliphatic heterocycles. The van der Waals surface area contributed by atoms with Crippen molar-refractivity contribution in [3.63, 3.8) is 0 Å². The fourth-order valence-electron chi connectivity index (χ4n) is 2.50. The van der Waals surface area contributed by atoms with Crippen LogP contribution in [0.15, 0.2) is 46.9 Å². The number of aliphatic hydroxyl groups excluding tert-OH is 2. The average Bonchev–Trinajstić information content (AvgIpc) is 2.51. The molecule has 3 rings (SSSR count). The van der Waals surface area contributed by atoms with Gasteiger partial charge in [0, 0.05) is 10.0 Å². The van der Waals surface area contributed by atoms with Crippen molar-refractivity contribution in [2.45, 2.75) is 18.3 Å². The Hall–Kier alpha value is -1.56. The predicted octanol–water partition coefficient (Wildman–Crippen LogP) is 2.99. The summed E-state index contributed by atoms with van der Waals surface area (Å²) in [5.74, 6) is 1.25. The van der Waals surface area contributed by atoms with Gasteiger partial charge >= 0.3 is 0 Å². The maximum absolute atomic E-state index is 10.4. The highest BCUT2D eigenvalue weighted by molar-refractivity contribution is 9.10. The molecule has 0 amide bonds. The van der Waals surface area contributed by atoms with Crippen molar-refractivity contribution in [3.8, 4) is 11.5 Å². The molecule has 0 spiro atoms. The Labute approximate surface area is 131 Å². The third-order valence-electron chi connectivity index (χ3n) is 3.60. The van der Waals surface area contributed by atoms with Gasteiger partial charge in [-0.2, -0.15) is 0 Å². The molecule has 0 aromatic heterocycles. The molecule has 21 heavy (non-hydrogen) atoms. The number of rotatable bonds is 2. The van der Waals surface area contributed by atoms with Crippen molar-refractivity contribution < 1.29 is 19.7 Å². The molecule has 0 radical (unpaired) electrons. The molecule has 0 saturated carbocycles. The van der Waals surface area contributed by atoms with Crippen molar-refractivity contribution in [2.75, 3.05) is 7.11 Å². The molecule has 4 nitrogen and oxygen atoms in total. The summed E-state index contributed by atoms with van der Waals surface area (Å²) in [6.45, 7) is 0. The fraction of sp³-hybridized carbons (Fsp3) is 0.250. The van der Waals surface area contributed by atoms with Gasteiger partial charge in [0.05, 0.1) is 7.11 Å². The van der Waals surface area contributed by atoms with Crippen LogP contribution in [0, 0.1) is 0 Å². The van der Waals surface area contributed by atoms with Gasteiger partial charge in [-0.3, -0.25) is 0 Å². The second-order valence-electron chi connectivity index (χ2n) is 4.93. The van der Waals surface area contributed by atoms with E-state index in [9.17, 15) is 10.2 Å². The SMILES string of the molecule is COc1cccc([C@@H]2Oc3ccc(Br)cc3[C@H](O)[C@H]2O)c1. The van der Waals surface area contributed by atoms with Crippen LogP contribution in [-0.2, 0) is 0 Å². The number of halogens is 1. The monoisotopic (exact) mass is 350 g/mol. The Morgan fingerprint density at radius 2 is 1.95 bits per heavy atom. The maximum Gasteiger partial charge on any atom is 0.153 e. The molecule has 0 fully saturated rings. The van der Waals surface area contributed by atoms with Crippen LogP contribution >= 0.6 is 15.9 Å². The molecule has 110 valence electrons. The van der Waals surface area contributed by atoms with Crippen LogP contribution in [0.5, 0.6) is 11.5 Å². The number of ether oxygens (including phenoxy) is 2. The first-order valence-electron chi connectivity index (χ1n) is 6.56. The standard InChI is InChI=1S/C16H15BrO4/c1-20-11-4-2-3-9(7-11)16-15(19)14(18)12-8-10(17)5-6-13(12)21-16/h2-8,14-16,18-19H,1H3/t14-,15+,16-/m0/s1. The molecule has 2 aromatic rings. The largest absolute Gasteiger partial charge is 0.497 e. The smallest absolute Gasteiger partial charge is 0.153 e. The Balaban J connectivity index is 1.99. The van der Waals surface area contributed by atoms with Gasteiger partial charge in [0.15, 0.2) is 6.10 Å². The number of methoxy groups -OCH3 is 1. The number of hydrogen-bond acceptors (Lipinski definition) is 4.